The van der Waals surface area contributed by atoms with Gasteiger partial charge in [0.05, 0.1) is 23.8 Å². The van der Waals surface area contributed by atoms with Gasteiger partial charge in [0.25, 0.3) is 0 Å². The zero-order chi connectivity index (χ0) is 22.6. The third-order valence-electron chi connectivity index (χ3n) is 5.37. The maximum Gasteiger partial charge on any atom is 0.217 e. The fraction of sp³-hybridized carbons (Fsp3) is 0.417. The molecule has 1 amide bonds. The largest absolute Gasteiger partial charge is 0.487 e. The van der Waals surface area contributed by atoms with Crippen LogP contribution in [-0.2, 0) is 11.2 Å². The van der Waals surface area contributed by atoms with Gasteiger partial charge in [-0.3, -0.25) is 4.79 Å². The molecule has 31 heavy (non-hydrogen) atoms. The van der Waals surface area contributed by atoms with Gasteiger partial charge in [-0.15, -0.1) is 0 Å². The monoisotopic (exact) mass is 485 g/mol. The van der Waals surface area contributed by atoms with Gasteiger partial charge in [-0.25, -0.2) is 0 Å². The van der Waals surface area contributed by atoms with Gasteiger partial charge >= 0.3 is 0 Å². The Morgan fingerprint density at radius 3 is 2.84 bits per heavy atom. The standard InChI is InChI=1S/C24H28BrN3O3/c1-15(29)28-20(10-16-5-4-6-17(9-16)13-26)22(30)14-27-21-12-24(2,3)31-23-8-7-18(25)11-19(21)23/h4-9,11,20-22,27,30H,10,12,14H2,1-3H3,(H,28,29)/t20-,21-,22-/m0/s1. The topological polar surface area (TPSA) is 94.4 Å². The first-order valence-electron chi connectivity index (χ1n) is 10.3. The molecule has 6 nitrogen and oxygen atoms in total. The molecule has 3 atom stereocenters. The molecule has 1 aliphatic rings. The molecule has 0 bridgehead atoms. The van der Waals surface area contributed by atoms with Crippen LogP contribution in [0.2, 0.25) is 0 Å². The molecule has 0 spiro atoms. The highest BCUT2D eigenvalue weighted by Crippen LogP contribution is 2.40. The van der Waals surface area contributed by atoms with Crippen LogP contribution in [0.3, 0.4) is 0 Å². The second kappa shape index (κ2) is 9.82. The van der Waals surface area contributed by atoms with E-state index in [4.69, 9.17) is 10.00 Å². The number of amides is 1. The number of aliphatic hydroxyl groups excluding tert-OH is 1. The molecule has 0 aliphatic carbocycles. The van der Waals surface area contributed by atoms with Gasteiger partial charge in [-0.1, -0.05) is 28.1 Å². The Hall–Kier alpha value is -2.40. The number of rotatable bonds is 7. The number of nitrogens with one attached hydrogen (secondary N) is 2. The highest BCUT2D eigenvalue weighted by molar-refractivity contribution is 9.10. The lowest BCUT2D eigenvalue weighted by molar-refractivity contribution is -0.120. The molecule has 2 aromatic carbocycles. The maximum absolute atomic E-state index is 11.7. The van der Waals surface area contributed by atoms with Crippen LogP contribution in [0.4, 0.5) is 0 Å². The summed E-state index contributed by atoms with van der Waals surface area (Å²) >= 11 is 3.52. The van der Waals surface area contributed by atoms with Crippen LogP contribution in [0.5, 0.6) is 5.75 Å². The van der Waals surface area contributed by atoms with E-state index in [1.165, 1.54) is 6.92 Å². The number of aliphatic hydroxyl groups is 1. The molecule has 1 aliphatic heterocycles. The van der Waals surface area contributed by atoms with E-state index in [9.17, 15) is 9.90 Å². The highest BCUT2D eigenvalue weighted by atomic mass is 79.9. The molecule has 0 radical (unpaired) electrons. The number of hydrogen-bond donors (Lipinski definition) is 3. The number of hydrogen-bond acceptors (Lipinski definition) is 5. The van der Waals surface area contributed by atoms with Crippen molar-refractivity contribution in [3.8, 4) is 11.8 Å². The first-order chi connectivity index (χ1) is 14.7. The molecule has 1 heterocycles. The number of ether oxygens (including phenoxy) is 1. The van der Waals surface area contributed by atoms with Gasteiger partial charge in [-0.2, -0.15) is 5.26 Å². The van der Waals surface area contributed by atoms with Gasteiger partial charge < -0.3 is 20.5 Å². The molecule has 0 saturated heterocycles. The number of halogens is 1. The maximum atomic E-state index is 11.7. The Balaban J connectivity index is 1.73. The highest BCUT2D eigenvalue weighted by Gasteiger charge is 2.34. The third kappa shape index (κ3) is 6.30. The Labute approximate surface area is 191 Å². The van der Waals surface area contributed by atoms with Crippen LogP contribution in [0.25, 0.3) is 0 Å². The van der Waals surface area contributed by atoms with E-state index in [-0.39, 0.29) is 17.6 Å². The smallest absolute Gasteiger partial charge is 0.217 e. The lowest BCUT2D eigenvalue weighted by atomic mass is 9.89. The van der Waals surface area contributed by atoms with Gasteiger partial charge in [0.1, 0.15) is 11.4 Å². The SMILES string of the molecule is CC(=O)N[C@@H](Cc1cccc(C#N)c1)[C@@H](O)CN[C@H]1CC(C)(C)Oc2ccc(Br)cc21. The van der Waals surface area contributed by atoms with E-state index in [2.05, 4.69) is 32.6 Å². The summed E-state index contributed by atoms with van der Waals surface area (Å²) in [6.07, 6.45) is 0.369. The molecule has 2 aromatic rings. The van der Waals surface area contributed by atoms with Crippen LogP contribution >= 0.6 is 15.9 Å². The number of fused-ring (bicyclic) bond motifs is 1. The quantitative estimate of drug-likeness (QED) is 0.556. The molecule has 3 N–H and O–H groups in total. The first-order valence-corrected chi connectivity index (χ1v) is 11.1. The Kier molecular flexibility index (Phi) is 7.37. The van der Waals surface area contributed by atoms with Gasteiger partial charge in [-0.05, 0) is 56.2 Å². The molecule has 0 unspecified atom stereocenters. The van der Waals surface area contributed by atoms with Crippen molar-refractivity contribution < 1.29 is 14.6 Å². The van der Waals surface area contributed by atoms with Crippen LogP contribution in [0.1, 0.15) is 49.9 Å². The molecule has 164 valence electrons. The molecule has 3 rings (SSSR count). The third-order valence-corrected chi connectivity index (χ3v) is 5.86. The van der Waals surface area contributed by atoms with Crippen molar-refractivity contribution in [2.75, 3.05) is 6.54 Å². The van der Waals surface area contributed by atoms with E-state index in [0.717, 1.165) is 27.8 Å². The molecule has 0 aromatic heterocycles. The minimum absolute atomic E-state index is 0.00537. The Bertz CT molecular complexity index is 986. The van der Waals surface area contributed by atoms with E-state index >= 15 is 0 Å². The number of nitriles is 1. The van der Waals surface area contributed by atoms with Crippen molar-refractivity contribution in [3.05, 3.63) is 63.6 Å². The van der Waals surface area contributed by atoms with E-state index in [0.29, 0.717) is 18.5 Å². The summed E-state index contributed by atoms with van der Waals surface area (Å²) in [7, 11) is 0. The van der Waals surface area contributed by atoms with E-state index in [1.807, 2.05) is 44.2 Å². The summed E-state index contributed by atoms with van der Waals surface area (Å²) in [5.41, 5.74) is 2.15. The number of nitrogens with zero attached hydrogens (tertiary/aromatic N) is 1. The Morgan fingerprint density at radius 2 is 2.13 bits per heavy atom. The summed E-state index contributed by atoms with van der Waals surface area (Å²) < 4.78 is 7.07. The van der Waals surface area contributed by atoms with Crippen molar-refractivity contribution in [2.45, 2.75) is 57.4 Å². The summed E-state index contributed by atoms with van der Waals surface area (Å²) in [5.74, 6) is 0.625. The fourth-order valence-corrected chi connectivity index (χ4v) is 4.36. The lowest BCUT2D eigenvalue weighted by Crippen LogP contribution is -2.49. The predicted octanol–water partition coefficient (Wildman–Crippen LogP) is 3.62. The second-order valence-corrected chi connectivity index (χ2v) is 9.52. The normalized spacial score (nSPS) is 18.8. The van der Waals surface area contributed by atoms with E-state index in [1.54, 1.807) is 12.1 Å². The molecular formula is C24H28BrN3O3. The van der Waals surface area contributed by atoms with Crippen LogP contribution in [0.15, 0.2) is 46.9 Å². The average Bonchev–Trinajstić information content (AvgIpc) is 2.71. The molecule has 0 fully saturated rings. The molecule has 7 heteroatoms. The minimum Gasteiger partial charge on any atom is -0.487 e. The minimum atomic E-state index is -0.809. The zero-order valence-corrected chi connectivity index (χ0v) is 19.6. The zero-order valence-electron chi connectivity index (χ0n) is 18.0. The van der Waals surface area contributed by atoms with Crippen molar-refractivity contribution in [1.29, 1.82) is 5.26 Å². The van der Waals surface area contributed by atoms with Crippen LogP contribution in [0, 0.1) is 11.3 Å². The van der Waals surface area contributed by atoms with Crippen molar-refractivity contribution in [1.82, 2.24) is 10.6 Å². The number of carbonyl (C=O) groups is 1. The van der Waals surface area contributed by atoms with Crippen molar-refractivity contribution in [3.63, 3.8) is 0 Å². The van der Waals surface area contributed by atoms with Gasteiger partial charge in [0, 0.05) is 36.0 Å². The number of carbonyl (C=O) groups excluding carboxylic acids is 1. The molecule has 0 saturated carbocycles. The summed E-state index contributed by atoms with van der Waals surface area (Å²) in [4.78, 5) is 11.7. The average molecular weight is 486 g/mol. The fourth-order valence-electron chi connectivity index (χ4n) is 3.98. The first kappa shape index (κ1) is 23.3. The van der Waals surface area contributed by atoms with Gasteiger partial charge in [0.2, 0.25) is 5.91 Å². The van der Waals surface area contributed by atoms with E-state index < -0.39 is 12.1 Å². The summed E-state index contributed by atoms with van der Waals surface area (Å²) in [5, 5.41) is 26.4. The Morgan fingerprint density at radius 1 is 1.35 bits per heavy atom. The second-order valence-electron chi connectivity index (χ2n) is 8.60. The van der Waals surface area contributed by atoms with Crippen LogP contribution < -0.4 is 15.4 Å². The van der Waals surface area contributed by atoms with Crippen molar-refractivity contribution >= 4 is 21.8 Å². The van der Waals surface area contributed by atoms with Crippen LogP contribution in [-0.4, -0.2) is 35.3 Å². The molecular weight excluding hydrogens is 458 g/mol. The van der Waals surface area contributed by atoms with Gasteiger partial charge in [0.15, 0.2) is 0 Å². The summed E-state index contributed by atoms with van der Waals surface area (Å²) in [6, 6.07) is 14.8. The number of benzene rings is 2. The predicted molar refractivity (Wildman–Crippen MR) is 123 cm³/mol. The lowest BCUT2D eigenvalue weighted by Gasteiger charge is -2.38. The van der Waals surface area contributed by atoms with Crippen molar-refractivity contribution in [2.24, 2.45) is 0 Å². The summed E-state index contributed by atoms with van der Waals surface area (Å²) in [6.45, 7) is 5.83.